The Bertz CT molecular complexity index is 613. The van der Waals surface area contributed by atoms with Crippen molar-refractivity contribution in [1.82, 2.24) is 9.78 Å². The van der Waals surface area contributed by atoms with Crippen LogP contribution in [-0.2, 0) is 13.0 Å². The summed E-state index contributed by atoms with van der Waals surface area (Å²) in [5.74, 6) is 0. The van der Waals surface area contributed by atoms with Gasteiger partial charge in [0.2, 0.25) is 0 Å². The Morgan fingerprint density at radius 3 is 2.72 bits per heavy atom. The molecule has 0 unspecified atom stereocenters. The molecule has 0 aliphatic heterocycles. The summed E-state index contributed by atoms with van der Waals surface area (Å²) in [4.78, 5) is 0. The molecule has 18 heavy (non-hydrogen) atoms. The maximum Gasteiger partial charge on any atom is 0.145 e. The molecule has 1 aromatic heterocycles. The third kappa shape index (κ3) is 2.43. The van der Waals surface area contributed by atoms with Crippen molar-refractivity contribution in [3.63, 3.8) is 0 Å². The minimum Gasteiger partial charge on any atom is -0.248 e. The third-order valence-electron chi connectivity index (χ3n) is 2.69. The van der Waals surface area contributed by atoms with Crippen LogP contribution in [0, 0.1) is 11.3 Å². The molecule has 0 aliphatic carbocycles. The molecule has 5 heteroatoms. The van der Waals surface area contributed by atoms with Crippen LogP contribution in [0.1, 0.15) is 23.7 Å². The van der Waals surface area contributed by atoms with Crippen LogP contribution in [0.2, 0.25) is 5.15 Å². The molecule has 3 nitrogen and oxygen atoms in total. The van der Waals surface area contributed by atoms with Gasteiger partial charge in [0.15, 0.2) is 0 Å². The maximum absolute atomic E-state index is 9.07. The second-order valence-electron chi connectivity index (χ2n) is 3.83. The first-order valence-electron chi connectivity index (χ1n) is 5.56. The van der Waals surface area contributed by atoms with E-state index in [-0.39, 0.29) is 0 Å². The van der Waals surface area contributed by atoms with Gasteiger partial charge in [0.1, 0.15) is 16.8 Å². The number of rotatable bonds is 3. The highest BCUT2D eigenvalue weighted by atomic mass is 79.9. The van der Waals surface area contributed by atoms with Crippen LogP contribution in [0.25, 0.3) is 0 Å². The van der Waals surface area contributed by atoms with Gasteiger partial charge >= 0.3 is 0 Å². The molecular weight excluding hydrogens is 314 g/mol. The number of nitriles is 1. The number of benzene rings is 1. The maximum atomic E-state index is 9.07. The van der Waals surface area contributed by atoms with E-state index >= 15 is 0 Å². The van der Waals surface area contributed by atoms with Crippen LogP contribution in [0.5, 0.6) is 0 Å². The molecule has 2 rings (SSSR count). The second-order valence-corrected chi connectivity index (χ2v) is 5.04. The van der Waals surface area contributed by atoms with Gasteiger partial charge in [0.05, 0.1) is 12.2 Å². The van der Waals surface area contributed by atoms with E-state index in [2.05, 4.69) is 27.1 Å². The molecule has 0 saturated carbocycles. The molecule has 1 aromatic carbocycles. The quantitative estimate of drug-likeness (QED) is 0.862. The largest absolute Gasteiger partial charge is 0.248 e. The van der Waals surface area contributed by atoms with Crippen LogP contribution >= 0.6 is 27.5 Å². The Morgan fingerprint density at radius 1 is 1.44 bits per heavy atom. The predicted octanol–water partition coefficient (Wildman–Crippen LogP) is 3.78. The summed E-state index contributed by atoms with van der Waals surface area (Å²) in [6.45, 7) is 2.51. The Hall–Kier alpha value is -1.31. The van der Waals surface area contributed by atoms with Crippen molar-refractivity contribution in [3.8, 4) is 6.07 Å². The second kappa shape index (κ2) is 5.55. The minimum atomic E-state index is 0.408. The van der Waals surface area contributed by atoms with Crippen molar-refractivity contribution >= 4 is 27.5 Å². The summed E-state index contributed by atoms with van der Waals surface area (Å²) in [6, 6.07) is 10.00. The van der Waals surface area contributed by atoms with Crippen LogP contribution in [-0.4, -0.2) is 9.78 Å². The van der Waals surface area contributed by atoms with Crippen molar-refractivity contribution in [3.05, 3.63) is 50.7 Å². The first kappa shape index (κ1) is 13.1. The van der Waals surface area contributed by atoms with Crippen molar-refractivity contribution in [2.45, 2.75) is 19.9 Å². The van der Waals surface area contributed by atoms with Gasteiger partial charge in [-0.05, 0) is 18.1 Å². The lowest BCUT2D eigenvalue weighted by Gasteiger charge is -2.05. The van der Waals surface area contributed by atoms with E-state index in [0.717, 1.165) is 15.7 Å². The normalized spacial score (nSPS) is 10.3. The number of aromatic nitrogens is 2. The molecule has 0 atom stereocenters. The van der Waals surface area contributed by atoms with E-state index in [9.17, 15) is 0 Å². The van der Waals surface area contributed by atoms with E-state index in [1.165, 1.54) is 0 Å². The van der Waals surface area contributed by atoms with Gasteiger partial charge in [-0.25, -0.2) is 4.68 Å². The van der Waals surface area contributed by atoms with Crippen molar-refractivity contribution in [2.24, 2.45) is 0 Å². The molecule has 0 spiro atoms. The molecule has 0 N–H and O–H groups in total. The van der Waals surface area contributed by atoms with Gasteiger partial charge < -0.3 is 0 Å². The molecule has 0 saturated heterocycles. The third-order valence-corrected chi connectivity index (χ3v) is 3.85. The number of hydrogen-bond donors (Lipinski definition) is 0. The van der Waals surface area contributed by atoms with Gasteiger partial charge in [-0.15, -0.1) is 0 Å². The first-order valence-corrected chi connectivity index (χ1v) is 6.73. The van der Waals surface area contributed by atoms with Crippen molar-refractivity contribution in [2.75, 3.05) is 0 Å². The summed E-state index contributed by atoms with van der Waals surface area (Å²) < 4.78 is 2.67. The first-order chi connectivity index (χ1) is 8.67. The summed E-state index contributed by atoms with van der Waals surface area (Å²) in [5, 5.41) is 13.9. The summed E-state index contributed by atoms with van der Waals surface area (Å²) in [6.07, 6.45) is 0.700. The predicted molar refractivity (Wildman–Crippen MR) is 74.6 cm³/mol. The zero-order valence-corrected chi connectivity index (χ0v) is 12.2. The SMILES string of the molecule is CCc1nn(Cc2ccccc2Br)c(Cl)c1C#N. The van der Waals surface area contributed by atoms with E-state index in [0.29, 0.717) is 23.7 Å². The Morgan fingerprint density at radius 2 is 2.17 bits per heavy atom. The average Bonchev–Trinajstić information content (AvgIpc) is 2.68. The number of nitrogens with zero attached hydrogens (tertiary/aromatic N) is 3. The fraction of sp³-hybridized carbons (Fsp3) is 0.231. The fourth-order valence-corrected chi connectivity index (χ4v) is 2.40. The lowest BCUT2D eigenvalue weighted by Crippen LogP contribution is -2.03. The smallest absolute Gasteiger partial charge is 0.145 e. The number of hydrogen-bond acceptors (Lipinski definition) is 2. The summed E-state index contributed by atoms with van der Waals surface area (Å²) in [7, 11) is 0. The fourth-order valence-electron chi connectivity index (χ4n) is 1.74. The van der Waals surface area contributed by atoms with Crippen molar-refractivity contribution in [1.29, 1.82) is 5.26 Å². The summed E-state index contributed by atoms with van der Waals surface area (Å²) in [5.41, 5.74) is 2.30. The molecule has 0 aliphatic rings. The minimum absolute atomic E-state index is 0.408. The Labute approximate surface area is 119 Å². The van der Waals surface area contributed by atoms with Gasteiger partial charge in [0, 0.05) is 4.47 Å². The van der Waals surface area contributed by atoms with Crippen molar-refractivity contribution < 1.29 is 0 Å². The van der Waals surface area contributed by atoms with E-state index in [1.807, 2.05) is 31.2 Å². The zero-order valence-electron chi connectivity index (χ0n) is 9.82. The van der Waals surface area contributed by atoms with Gasteiger partial charge in [-0.1, -0.05) is 52.7 Å². The average molecular weight is 325 g/mol. The molecule has 0 radical (unpaired) electrons. The molecule has 0 amide bonds. The lowest BCUT2D eigenvalue weighted by atomic mass is 10.2. The number of halogens is 2. The van der Waals surface area contributed by atoms with Crippen LogP contribution < -0.4 is 0 Å². The van der Waals surface area contributed by atoms with E-state index in [1.54, 1.807) is 4.68 Å². The highest BCUT2D eigenvalue weighted by Crippen LogP contribution is 2.23. The molecule has 0 fully saturated rings. The number of aryl methyl sites for hydroxylation is 1. The van der Waals surface area contributed by atoms with Gasteiger partial charge in [0.25, 0.3) is 0 Å². The Balaban J connectivity index is 2.39. The van der Waals surface area contributed by atoms with Gasteiger partial charge in [-0.3, -0.25) is 0 Å². The standard InChI is InChI=1S/C13H11BrClN3/c1-2-12-10(7-16)13(15)18(17-12)8-9-5-3-4-6-11(9)14/h3-6H,2,8H2,1H3. The highest BCUT2D eigenvalue weighted by Gasteiger charge is 2.15. The molecule has 0 bridgehead atoms. The van der Waals surface area contributed by atoms with Crippen LogP contribution in [0.3, 0.4) is 0 Å². The van der Waals surface area contributed by atoms with E-state index < -0.39 is 0 Å². The molecule has 2 aromatic rings. The highest BCUT2D eigenvalue weighted by molar-refractivity contribution is 9.10. The zero-order chi connectivity index (χ0) is 13.1. The van der Waals surface area contributed by atoms with Crippen LogP contribution in [0.4, 0.5) is 0 Å². The summed E-state index contributed by atoms with van der Waals surface area (Å²) >= 11 is 9.66. The molecule has 92 valence electrons. The lowest BCUT2D eigenvalue weighted by molar-refractivity contribution is 0.672. The monoisotopic (exact) mass is 323 g/mol. The topological polar surface area (TPSA) is 41.6 Å². The van der Waals surface area contributed by atoms with E-state index in [4.69, 9.17) is 16.9 Å². The molecule has 1 heterocycles. The Kier molecular flexibility index (Phi) is 4.05. The molecular formula is C13H11BrClN3. The van der Waals surface area contributed by atoms with Gasteiger partial charge in [-0.2, -0.15) is 10.4 Å². The van der Waals surface area contributed by atoms with Crippen LogP contribution in [0.15, 0.2) is 28.7 Å².